The summed E-state index contributed by atoms with van der Waals surface area (Å²) in [6.07, 6.45) is 4.04. The lowest BCUT2D eigenvalue weighted by molar-refractivity contribution is -0.148. The van der Waals surface area contributed by atoms with Gasteiger partial charge in [0, 0.05) is 136 Å². The predicted molar refractivity (Wildman–Crippen MR) is 350 cm³/mol. The first kappa shape index (κ1) is 69.5. The minimum atomic E-state index is -1.02. The minimum absolute atomic E-state index is 0.140. The summed E-state index contributed by atoms with van der Waals surface area (Å²) in [5.41, 5.74) is 4.36. The molecule has 3 aromatic carbocycles. The minimum Gasteiger partial charge on any atom is -0.480 e. The molecule has 0 amide bonds. The molecule has 496 valence electrons. The van der Waals surface area contributed by atoms with Crippen LogP contribution in [0.2, 0.25) is 10.0 Å². The molecule has 94 heavy (non-hydrogen) atoms. The van der Waals surface area contributed by atoms with E-state index in [4.69, 9.17) is 62.2 Å². The summed E-state index contributed by atoms with van der Waals surface area (Å²) in [7, 11) is 0. The number of aliphatic hydroxyl groups excluding tert-OH is 2. The van der Waals surface area contributed by atoms with E-state index < -0.39 is 53.6 Å². The lowest BCUT2D eigenvalue weighted by Gasteiger charge is -2.40. The summed E-state index contributed by atoms with van der Waals surface area (Å²) < 4.78 is 62.9. The highest BCUT2D eigenvalue weighted by atomic mass is 79.9. The normalized spacial score (nSPS) is 19.5. The van der Waals surface area contributed by atoms with Crippen LogP contribution in [0.5, 0.6) is 0 Å². The molecule has 0 saturated carbocycles. The van der Waals surface area contributed by atoms with Crippen LogP contribution < -0.4 is 16.0 Å². The number of nitrogens with zero attached hydrogens (tertiary/aromatic N) is 9. The highest BCUT2D eigenvalue weighted by Gasteiger charge is 2.40. The van der Waals surface area contributed by atoms with Crippen molar-refractivity contribution in [3.63, 3.8) is 0 Å². The van der Waals surface area contributed by atoms with Crippen molar-refractivity contribution in [3.05, 3.63) is 187 Å². The molecule has 0 spiro atoms. The number of hydrogen-bond acceptors (Lipinski definition) is 25. The summed E-state index contributed by atoms with van der Waals surface area (Å²) in [5.74, 6) is -2.45. The number of nitrogens with one attached hydrogen (secondary N) is 3. The number of thiazole rings is 3. The number of aromatic nitrogens is 3. The molecular weight excluding hydrogens is 1390 g/mol. The number of hydrogen-bond donors (Lipinski definition) is 6. The zero-order chi connectivity index (χ0) is 66.7. The van der Waals surface area contributed by atoms with E-state index in [0.717, 1.165) is 0 Å². The van der Waals surface area contributed by atoms with E-state index in [1.807, 2.05) is 30.8 Å². The maximum absolute atomic E-state index is 13.7. The number of β-amino-alcohol motifs (C(OH)–C–C–N with tert-alkyl or cyclic N) is 2. The molecule has 3 atom stereocenters. The molecule has 32 heteroatoms. The molecule has 3 saturated heterocycles. The third-order valence-electron chi connectivity index (χ3n) is 14.9. The number of aliphatic hydroxyl groups is 2. The van der Waals surface area contributed by atoms with Crippen LogP contribution in [0.25, 0.3) is 0 Å². The number of rotatable bonds is 21. The van der Waals surface area contributed by atoms with Gasteiger partial charge in [-0.1, -0.05) is 57.3 Å². The molecule has 6 N–H and O–H groups in total. The molecule has 9 heterocycles. The number of aliphatic carboxylic acids is 1. The molecule has 0 radical (unpaired) electrons. The van der Waals surface area contributed by atoms with E-state index >= 15 is 0 Å². The molecule has 3 fully saturated rings. The van der Waals surface area contributed by atoms with Crippen LogP contribution in [0.15, 0.2) is 143 Å². The van der Waals surface area contributed by atoms with Gasteiger partial charge in [0.05, 0.1) is 54.9 Å². The van der Waals surface area contributed by atoms with Crippen molar-refractivity contribution < 1.29 is 66.6 Å². The third-order valence-corrected chi connectivity index (χ3v) is 18.6. The van der Waals surface area contributed by atoms with Crippen LogP contribution in [-0.2, 0) is 38.1 Å². The maximum atomic E-state index is 13.7. The first-order chi connectivity index (χ1) is 45.3. The number of benzene rings is 3. The Morgan fingerprint density at radius 1 is 0.553 bits per heavy atom. The summed E-state index contributed by atoms with van der Waals surface area (Å²) in [4.78, 5) is 82.8. The number of carboxylic acids is 1. The highest BCUT2D eigenvalue weighted by Crippen LogP contribution is 2.41. The maximum Gasteiger partial charge on any atom is 0.338 e. The van der Waals surface area contributed by atoms with E-state index in [-0.39, 0.29) is 66.2 Å². The van der Waals surface area contributed by atoms with E-state index in [0.29, 0.717) is 141 Å². The Kier molecular flexibility index (Phi) is 23.6. The third kappa shape index (κ3) is 17.0. The van der Waals surface area contributed by atoms with E-state index in [9.17, 15) is 42.6 Å². The molecule has 12 rings (SSSR count). The number of ether oxygens (including phenoxy) is 4. The van der Waals surface area contributed by atoms with Crippen molar-refractivity contribution in [1.29, 1.82) is 0 Å². The number of carbonyl (C=O) groups excluding carboxylic acids is 3. The molecule has 6 aliphatic rings. The average Bonchev–Trinajstić information content (AvgIpc) is 0.925. The van der Waals surface area contributed by atoms with Crippen molar-refractivity contribution >= 4 is 115 Å². The number of halogens is 6. The van der Waals surface area contributed by atoms with Crippen molar-refractivity contribution in [2.75, 3.05) is 85.3 Å². The van der Waals surface area contributed by atoms with Crippen molar-refractivity contribution in [1.82, 2.24) is 45.6 Å². The summed E-state index contributed by atoms with van der Waals surface area (Å²) in [6.45, 7) is 9.61. The van der Waals surface area contributed by atoms with Gasteiger partial charge in [0.15, 0.2) is 32.5 Å². The highest BCUT2D eigenvalue weighted by molar-refractivity contribution is 9.10. The molecule has 3 unspecified atom stereocenters. The zero-order valence-corrected chi connectivity index (χ0v) is 56.0. The Balaban J connectivity index is 0.000000154. The smallest absolute Gasteiger partial charge is 0.338 e. The quantitative estimate of drug-likeness (QED) is 0.0296. The summed E-state index contributed by atoms with van der Waals surface area (Å²) >= 11 is 20.3. The number of esters is 3. The Labute approximate surface area is 567 Å². The van der Waals surface area contributed by atoms with Crippen LogP contribution in [-0.4, -0.2) is 190 Å². The van der Waals surface area contributed by atoms with Crippen LogP contribution in [0.4, 0.5) is 13.2 Å². The van der Waals surface area contributed by atoms with Gasteiger partial charge in [0.2, 0.25) is 0 Å². The average molecular weight is 1460 g/mol. The second-order valence-corrected chi connectivity index (χ2v) is 25.9. The second kappa shape index (κ2) is 31.9. The van der Waals surface area contributed by atoms with E-state index in [2.05, 4.69) is 46.8 Å². The number of carboxylic acid groups (broad SMARTS) is 1. The number of aliphatic imine (C=N–C) groups is 3. The molecule has 6 aliphatic heterocycles. The second-order valence-electron chi connectivity index (χ2n) is 21.6. The lowest BCUT2D eigenvalue weighted by Crippen LogP contribution is -2.54. The predicted octanol–water partition coefficient (Wildman–Crippen LogP) is 7.78. The SMILES string of the molecule is CCOC(=O)C1=C(CN2CC(O)C2)NC(c2nccs2)=NC1c1ccc(F)cc1Br.CCOC(=O)C1=C(CN2CC(O)C2)NC(c2nccs2)=NC1c1ccc(F)cc1Cl.CCOC(=O)C1=C(CN2CC(OCC(=O)O)C2)NC(c2nccs2)=NC1c1ccc(F)cc1Cl. The lowest BCUT2D eigenvalue weighted by atomic mass is 9.94. The van der Waals surface area contributed by atoms with Gasteiger partial charge < -0.3 is 50.2 Å². The van der Waals surface area contributed by atoms with Crippen LogP contribution in [0, 0.1) is 17.5 Å². The van der Waals surface area contributed by atoms with Gasteiger partial charge in [-0.25, -0.2) is 47.3 Å². The van der Waals surface area contributed by atoms with Gasteiger partial charge in [-0.3, -0.25) is 29.7 Å². The van der Waals surface area contributed by atoms with Gasteiger partial charge in [0.25, 0.3) is 0 Å². The molecule has 23 nitrogen and oxygen atoms in total. The van der Waals surface area contributed by atoms with E-state index in [1.165, 1.54) is 82.5 Å². The number of carbonyl (C=O) groups is 4. The van der Waals surface area contributed by atoms with Gasteiger partial charge in [-0.15, -0.1) is 34.0 Å². The van der Waals surface area contributed by atoms with Gasteiger partial charge >= 0.3 is 23.9 Å². The molecule has 3 aromatic heterocycles. The summed E-state index contributed by atoms with van der Waals surface area (Å²) in [6, 6.07) is 9.97. The molecule has 0 bridgehead atoms. The van der Waals surface area contributed by atoms with Gasteiger partial charge in [-0.2, -0.15) is 0 Å². The Bertz CT molecular complexity index is 3780. The van der Waals surface area contributed by atoms with Crippen LogP contribution >= 0.6 is 73.1 Å². The Hall–Kier alpha value is -7.33. The van der Waals surface area contributed by atoms with Crippen molar-refractivity contribution in [2.45, 2.75) is 57.2 Å². The van der Waals surface area contributed by atoms with E-state index in [1.54, 1.807) is 45.4 Å². The fourth-order valence-electron chi connectivity index (χ4n) is 10.7. The Morgan fingerprint density at radius 2 is 0.894 bits per heavy atom. The van der Waals surface area contributed by atoms with Gasteiger partial charge in [-0.05, 0) is 62.7 Å². The van der Waals surface area contributed by atoms with Crippen LogP contribution in [0.1, 0.15) is 70.6 Å². The Morgan fingerprint density at radius 3 is 1.20 bits per heavy atom. The molecule has 6 aromatic rings. The number of likely N-dealkylation sites (tertiary alicyclic amines) is 3. The van der Waals surface area contributed by atoms with Crippen molar-refractivity contribution in [2.24, 2.45) is 15.0 Å². The number of amidine groups is 3. The first-order valence-corrected chi connectivity index (χ1v) is 33.6. The molecular formula is C62H62BrCl2F3N12O11S3. The summed E-state index contributed by atoms with van der Waals surface area (Å²) in [5, 5.41) is 45.6. The zero-order valence-electron chi connectivity index (χ0n) is 50.4. The molecule has 0 aliphatic carbocycles. The van der Waals surface area contributed by atoms with Gasteiger partial charge in [0.1, 0.15) is 42.2 Å². The largest absolute Gasteiger partial charge is 0.480 e. The van der Waals surface area contributed by atoms with Crippen molar-refractivity contribution in [3.8, 4) is 0 Å². The fraction of sp³-hybridized carbons (Fsp3) is 0.355. The topological polar surface area (TPSA) is 287 Å². The van der Waals surface area contributed by atoms with Crippen LogP contribution in [0.3, 0.4) is 0 Å². The monoisotopic (exact) mass is 1450 g/mol. The fourth-order valence-corrected chi connectivity index (χ4v) is 13.5. The standard InChI is InChI=1S/C22H22ClFN4O5S.C20H20BrFN4O3S.C20H20ClFN4O3S/c1-2-32-22(31)18-16(10-28-8-13(9-28)33-11-17(29)30)26-20(21-25-5-6-34-21)27-19(18)14-4-3-12(24)7-15(14)23;2*1-2-29-20(28)16-15(10-26-8-12(27)9-26)24-18(19-23-5-6-30-19)25-17(16)13-4-3-11(22)7-14(13)21/h3-7,13,19H,2,8-11H2,1H3,(H,26,27)(H,29,30);2*3-7,12,17,27H,2,8-10H2,1H3,(H,24,25). The first-order valence-electron chi connectivity index (χ1n) is 29.4.